The highest BCUT2D eigenvalue weighted by molar-refractivity contribution is 5.92. The van der Waals surface area contributed by atoms with Crippen LogP contribution in [0.25, 0.3) is 11.0 Å². The monoisotopic (exact) mass is 219 g/mol. The fourth-order valence-corrected chi connectivity index (χ4v) is 1.74. The van der Waals surface area contributed by atoms with Crippen LogP contribution in [0.3, 0.4) is 0 Å². The molecule has 0 fully saturated rings. The first-order valence-corrected chi connectivity index (χ1v) is 5.12. The molecular weight excluding hydrogens is 206 g/mol. The third-order valence-electron chi connectivity index (χ3n) is 2.47. The first kappa shape index (κ1) is 10.5. The van der Waals surface area contributed by atoms with Gasteiger partial charge in [-0.1, -0.05) is 6.92 Å². The zero-order valence-corrected chi connectivity index (χ0v) is 8.97. The number of imidazole rings is 1. The topological polar surface area (TPSA) is 81.1 Å². The van der Waals surface area contributed by atoms with Crippen molar-refractivity contribution in [3.05, 3.63) is 23.8 Å². The van der Waals surface area contributed by atoms with Gasteiger partial charge < -0.3 is 15.4 Å². The molecule has 0 aliphatic carbocycles. The number of carbonyl (C=O) groups is 1. The van der Waals surface area contributed by atoms with Gasteiger partial charge in [-0.15, -0.1) is 0 Å². The third kappa shape index (κ3) is 1.60. The van der Waals surface area contributed by atoms with E-state index in [1.807, 2.05) is 4.57 Å². The fourth-order valence-electron chi connectivity index (χ4n) is 1.74. The van der Waals surface area contributed by atoms with Gasteiger partial charge in [-0.05, 0) is 24.6 Å². The van der Waals surface area contributed by atoms with Crippen molar-refractivity contribution < 1.29 is 9.90 Å². The van der Waals surface area contributed by atoms with E-state index >= 15 is 0 Å². The van der Waals surface area contributed by atoms with Crippen LogP contribution in [0.4, 0.5) is 5.95 Å². The van der Waals surface area contributed by atoms with Crippen molar-refractivity contribution in [3.63, 3.8) is 0 Å². The number of nitrogens with two attached hydrogens (primary N) is 1. The molecule has 0 saturated heterocycles. The molecule has 84 valence electrons. The van der Waals surface area contributed by atoms with Gasteiger partial charge in [0.2, 0.25) is 5.95 Å². The average molecular weight is 219 g/mol. The fraction of sp³-hybridized carbons (Fsp3) is 0.273. The maximum Gasteiger partial charge on any atom is 0.335 e. The Morgan fingerprint density at radius 1 is 1.56 bits per heavy atom. The average Bonchev–Trinajstić information content (AvgIpc) is 2.55. The molecule has 0 amide bonds. The molecule has 2 aromatic rings. The van der Waals surface area contributed by atoms with Crippen LogP contribution in [-0.4, -0.2) is 20.6 Å². The van der Waals surface area contributed by atoms with E-state index in [1.165, 1.54) is 0 Å². The maximum atomic E-state index is 10.8. The first-order valence-electron chi connectivity index (χ1n) is 5.12. The summed E-state index contributed by atoms with van der Waals surface area (Å²) in [6, 6.07) is 4.86. The lowest BCUT2D eigenvalue weighted by molar-refractivity contribution is 0.0697. The quantitative estimate of drug-likeness (QED) is 0.823. The summed E-state index contributed by atoms with van der Waals surface area (Å²) in [5.41, 5.74) is 7.51. The molecular formula is C11H13N3O2. The molecule has 0 aliphatic rings. The van der Waals surface area contributed by atoms with E-state index < -0.39 is 5.97 Å². The minimum Gasteiger partial charge on any atom is -0.478 e. The molecule has 0 radical (unpaired) electrons. The highest BCUT2D eigenvalue weighted by atomic mass is 16.4. The number of nitrogen functional groups attached to an aromatic ring is 1. The van der Waals surface area contributed by atoms with Crippen LogP contribution in [0.15, 0.2) is 18.2 Å². The van der Waals surface area contributed by atoms with E-state index in [-0.39, 0.29) is 5.56 Å². The summed E-state index contributed by atoms with van der Waals surface area (Å²) in [6.07, 6.45) is 0.955. The number of benzene rings is 1. The van der Waals surface area contributed by atoms with Crippen molar-refractivity contribution in [3.8, 4) is 0 Å². The maximum absolute atomic E-state index is 10.8. The summed E-state index contributed by atoms with van der Waals surface area (Å²) in [4.78, 5) is 14.9. The number of aryl methyl sites for hydroxylation is 1. The van der Waals surface area contributed by atoms with Crippen molar-refractivity contribution in [2.45, 2.75) is 19.9 Å². The number of carboxylic acids is 1. The highest BCUT2D eigenvalue weighted by Gasteiger charge is 2.10. The predicted molar refractivity (Wildman–Crippen MR) is 61.4 cm³/mol. The third-order valence-corrected chi connectivity index (χ3v) is 2.47. The van der Waals surface area contributed by atoms with Gasteiger partial charge in [0.25, 0.3) is 0 Å². The Morgan fingerprint density at radius 2 is 2.31 bits per heavy atom. The van der Waals surface area contributed by atoms with Crippen molar-refractivity contribution in [1.29, 1.82) is 0 Å². The molecule has 3 N–H and O–H groups in total. The lowest BCUT2D eigenvalue weighted by Gasteiger charge is -2.03. The standard InChI is InChI=1S/C11H13N3O2/c1-2-5-14-9-4-3-7(10(15)16)6-8(9)13-11(14)12/h3-4,6H,2,5H2,1H3,(H2,12,13)(H,15,16). The number of hydrogen-bond acceptors (Lipinski definition) is 3. The molecule has 5 nitrogen and oxygen atoms in total. The molecule has 1 aromatic carbocycles. The molecule has 0 unspecified atom stereocenters. The molecule has 2 rings (SSSR count). The van der Waals surface area contributed by atoms with Crippen molar-refractivity contribution in [2.75, 3.05) is 5.73 Å². The van der Waals surface area contributed by atoms with Gasteiger partial charge in [0.1, 0.15) is 0 Å². The Balaban J connectivity index is 2.60. The van der Waals surface area contributed by atoms with Gasteiger partial charge in [0.15, 0.2) is 0 Å². The molecule has 5 heteroatoms. The summed E-state index contributed by atoms with van der Waals surface area (Å²) in [5.74, 6) is -0.523. The number of nitrogens with zero attached hydrogens (tertiary/aromatic N) is 2. The Labute approximate surface area is 92.5 Å². The Hall–Kier alpha value is -2.04. The van der Waals surface area contributed by atoms with Crippen LogP contribution in [0.5, 0.6) is 0 Å². The number of rotatable bonds is 3. The van der Waals surface area contributed by atoms with Crippen LogP contribution < -0.4 is 5.73 Å². The predicted octanol–water partition coefficient (Wildman–Crippen LogP) is 1.73. The minimum atomic E-state index is -0.953. The Morgan fingerprint density at radius 3 is 2.94 bits per heavy atom. The number of hydrogen-bond donors (Lipinski definition) is 2. The van der Waals surface area contributed by atoms with Gasteiger partial charge >= 0.3 is 5.97 Å². The van der Waals surface area contributed by atoms with Gasteiger partial charge in [0, 0.05) is 6.54 Å². The van der Waals surface area contributed by atoms with E-state index in [1.54, 1.807) is 18.2 Å². The van der Waals surface area contributed by atoms with Crippen molar-refractivity contribution in [2.24, 2.45) is 0 Å². The van der Waals surface area contributed by atoms with Crippen LogP contribution in [0.1, 0.15) is 23.7 Å². The zero-order valence-electron chi connectivity index (χ0n) is 8.97. The second kappa shape index (κ2) is 3.84. The molecule has 0 bridgehead atoms. The SMILES string of the molecule is CCCn1c(N)nc2cc(C(=O)O)ccc21. The second-order valence-corrected chi connectivity index (χ2v) is 3.63. The zero-order chi connectivity index (χ0) is 11.7. The number of aromatic nitrogens is 2. The first-order chi connectivity index (χ1) is 7.63. The number of fused-ring (bicyclic) bond motifs is 1. The van der Waals surface area contributed by atoms with Crippen LogP contribution in [-0.2, 0) is 6.54 Å². The molecule has 16 heavy (non-hydrogen) atoms. The van der Waals surface area contributed by atoms with Crippen molar-refractivity contribution >= 4 is 23.0 Å². The Bertz CT molecular complexity index is 545. The molecule has 1 heterocycles. The minimum absolute atomic E-state index is 0.230. The summed E-state index contributed by atoms with van der Waals surface area (Å²) in [7, 11) is 0. The van der Waals surface area contributed by atoms with E-state index in [0.29, 0.717) is 11.5 Å². The van der Waals surface area contributed by atoms with Crippen LogP contribution in [0.2, 0.25) is 0 Å². The lowest BCUT2D eigenvalue weighted by Crippen LogP contribution is -2.02. The van der Waals surface area contributed by atoms with E-state index in [9.17, 15) is 4.79 Å². The van der Waals surface area contributed by atoms with Crippen LogP contribution in [0, 0.1) is 0 Å². The summed E-state index contributed by atoms with van der Waals surface area (Å²) < 4.78 is 1.89. The van der Waals surface area contributed by atoms with Gasteiger partial charge in [-0.25, -0.2) is 9.78 Å². The Kier molecular flexibility index (Phi) is 2.52. The van der Waals surface area contributed by atoms with Gasteiger partial charge in [-0.2, -0.15) is 0 Å². The van der Waals surface area contributed by atoms with E-state index in [2.05, 4.69) is 11.9 Å². The number of carboxylic acid groups (broad SMARTS) is 1. The summed E-state index contributed by atoms with van der Waals surface area (Å²) >= 11 is 0. The number of anilines is 1. The summed E-state index contributed by atoms with van der Waals surface area (Å²) in [5, 5.41) is 8.86. The van der Waals surface area contributed by atoms with E-state index in [4.69, 9.17) is 10.8 Å². The molecule has 0 atom stereocenters. The number of aromatic carboxylic acids is 1. The van der Waals surface area contributed by atoms with Gasteiger partial charge in [-0.3, -0.25) is 0 Å². The van der Waals surface area contributed by atoms with Crippen molar-refractivity contribution in [1.82, 2.24) is 9.55 Å². The largest absolute Gasteiger partial charge is 0.478 e. The summed E-state index contributed by atoms with van der Waals surface area (Å²) in [6.45, 7) is 2.84. The van der Waals surface area contributed by atoms with Gasteiger partial charge in [0.05, 0.1) is 16.6 Å². The molecule has 0 spiro atoms. The lowest BCUT2D eigenvalue weighted by atomic mass is 10.2. The normalized spacial score (nSPS) is 10.8. The molecule has 0 saturated carbocycles. The second-order valence-electron chi connectivity index (χ2n) is 3.63. The molecule has 1 aromatic heterocycles. The highest BCUT2D eigenvalue weighted by Crippen LogP contribution is 2.19. The smallest absolute Gasteiger partial charge is 0.335 e. The van der Waals surface area contributed by atoms with Crippen LogP contribution >= 0.6 is 0 Å². The molecule has 0 aliphatic heterocycles. The van der Waals surface area contributed by atoms with E-state index in [0.717, 1.165) is 18.5 Å².